The highest BCUT2D eigenvalue weighted by molar-refractivity contribution is 5.90. The Bertz CT molecular complexity index is 735. The van der Waals surface area contributed by atoms with Crippen molar-refractivity contribution in [3.63, 3.8) is 0 Å². The molecule has 1 fully saturated rings. The van der Waals surface area contributed by atoms with Crippen molar-refractivity contribution in [2.45, 2.75) is 32.4 Å². The summed E-state index contributed by atoms with van der Waals surface area (Å²) in [6, 6.07) is 9.06. The smallest absolute Gasteiger partial charge is 0.358 e. The van der Waals surface area contributed by atoms with Gasteiger partial charge in [-0.15, -0.1) is 0 Å². The highest BCUT2D eigenvalue weighted by Gasteiger charge is 2.14. The van der Waals surface area contributed by atoms with Crippen molar-refractivity contribution in [1.82, 2.24) is 14.7 Å². The molecule has 2 heterocycles. The van der Waals surface area contributed by atoms with E-state index in [2.05, 4.69) is 15.3 Å². The third-order valence-corrected chi connectivity index (χ3v) is 4.21. The fourth-order valence-electron chi connectivity index (χ4n) is 2.95. The van der Waals surface area contributed by atoms with Gasteiger partial charge in [-0.05, 0) is 48.6 Å². The number of anilines is 1. The maximum Gasteiger partial charge on any atom is 0.389 e. The standard InChI is InChI=1S/C17H21N5O3/c23-17(13-21-11-8-16(19-21)22(24)25)18-15-6-4-14(5-7-15)12-20-9-2-1-3-10-20/h4-8,11H,1-3,9-10,12-13H2,(H,18,23). The molecule has 1 amide bonds. The van der Waals surface area contributed by atoms with E-state index < -0.39 is 4.92 Å². The maximum absolute atomic E-state index is 12.0. The number of aromatic nitrogens is 2. The van der Waals surface area contributed by atoms with Gasteiger partial charge in [0.15, 0.2) is 0 Å². The molecule has 1 aliphatic heterocycles. The highest BCUT2D eigenvalue weighted by Crippen LogP contribution is 2.15. The van der Waals surface area contributed by atoms with Crippen LogP contribution in [-0.2, 0) is 17.9 Å². The Morgan fingerprint density at radius 2 is 1.88 bits per heavy atom. The van der Waals surface area contributed by atoms with Crippen LogP contribution >= 0.6 is 0 Å². The zero-order chi connectivity index (χ0) is 17.6. The van der Waals surface area contributed by atoms with Crippen molar-refractivity contribution in [3.05, 3.63) is 52.2 Å². The van der Waals surface area contributed by atoms with Crippen LogP contribution in [-0.4, -0.2) is 38.6 Å². The minimum absolute atomic E-state index is 0.0661. The number of likely N-dealkylation sites (tertiary alicyclic amines) is 1. The van der Waals surface area contributed by atoms with Gasteiger partial charge in [-0.3, -0.25) is 9.69 Å². The Hall–Kier alpha value is -2.74. The fourth-order valence-corrected chi connectivity index (χ4v) is 2.95. The lowest BCUT2D eigenvalue weighted by Crippen LogP contribution is -2.29. The van der Waals surface area contributed by atoms with Crippen LogP contribution in [0.5, 0.6) is 0 Å². The van der Waals surface area contributed by atoms with Gasteiger partial charge in [0, 0.05) is 12.2 Å². The average Bonchev–Trinajstić information content (AvgIpc) is 3.06. The van der Waals surface area contributed by atoms with E-state index in [0.29, 0.717) is 5.69 Å². The second-order valence-electron chi connectivity index (χ2n) is 6.21. The lowest BCUT2D eigenvalue weighted by atomic mass is 10.1. The lowest BCUT2D eigenvalue weighted by Gasteiger charge is -2.26. The van der Waals surface area contributed by atoms with Gasteiger partial charge in [0.25, 0.3) is 0 Å². The molecule has 1 aromatic carbocycles. The van der Waals surface area contributed by atoms with Gasteiger partial charge < -0.3 is 15.4 Å². The summed E-state index contributed by atoms with van der Waals surface area (Å²) in [6.07, 6.45) is 5.26. The maximum atomic E-state index is 12.0. The van der Waals surface area contributed by atoms with Gasteiger partial charge >= 0.3 is 5.82 Å². The summed E-state index contributed by atoms with van der Waals surface area (Å²) in [5, 5.41) is 17.1. The van der Waals surface area contributed by atoms with Gasteiger partial charge in [0.2, 0.25) is 5.91 Å². The first-order valence-electron chi connectivity index (χ1n) is 8.39. The van der Waals surface area contributed by atoms with Gasteiger partial charge in [-0.2, -0.15) is 4.68 Å². The number of benzene rings is 1. The Kier molecular flexibility index (Phi) is 5.39. The minimum Gasteiger partial charge on any atom is -0.358 e. The number of rotatable bonds is 6. The molecule has 25 heavy (non-hydrogen) atoms. The van der Waals surface area contributed by atoms with Gasteiger partial charge in [0.05, 0.1) is 17.4 Å². The third kappa shape index (κ3) is 4.87. The Morgan fingerprint density at radius 1 is 1.16 bits per heavy atom. The van der Waals surface area contributed by atoms with Crippen molar-refractivity contribution < 1.29 is 9.72 Å². The molecule has 0 saturated carbocycles. The summed E-state index contributed by atoms with van der Waals surface area (Å²) in [7, 11) is 0. The molecule has 0 aliphatic carbocycles. The molecule has 1 saturated heterocycles. The number of carbonyl (C=O) groups is 1. The molecule has 0 radical (unpaired) electrons. The Balaban J connectivity index is 1.51. The molecular formula is C17H21N5O3. The number of amides is 1. The summed E-state index contributed by atoms with van der Waals surface area (Å²) in [4.78, 5) is 24.5. The molecule has 8 nitrogen and oxygen atoms in total. The van der Waals surface area contributed by atoms with E-state index in [4.69, 9.17) is 0 Å². The van der Waals surface area contributed by atoms with Crippen molar-refractivity contribution in [3.8, 4) is 0 Å². The second kappa shape index (κ2) is 7.89. The molecule has 1 aromatic heterocycles. The van der Waals surface area contributed by atoms with Crippen LogP contribution in [0.3, 0.4) is 0 Å². The molecule has 2 aromatic rings. The molecule has 0 bridgehead atoms. The van der Waals surface area contributed by atoms with E-state index in [-0.39, 0.29) is 18.3 Å². The van der Waals surface area contributed by atoms with Crippen molar-refractivity contribution in [2.24, 2.45) is 0 Å². The van der Waals surface area contributed by atoms with Gasteiger partial charge in [0.1, 0.15) is 6.54 Å². The zero-order valence-corrected chi connectivity index (χ0v) is 13.9. The van der Waals surface area contributed by atoms with Gasteiger partial charge in [-0.1, -0.05) is 18.6 Å². The minimum atomic E-state index is -0.588. The number of hydrogen-bond acceptors (Lipinski definition) is 5. The predicted octanol–water partition coefficient (Wildman–Crippen LogP) is 2.42. The molecule has 0 spiro atoms. The first kappa shape index (κ1) is 17.1. The number of nitrogens with zero attached hydrogens (tertiary/aromatic N) is 4. The summed E-state index contributed by atoms with van der Waals surface area (Å²) < 4.78 is 1.25. The van der Waals surface area contributed by atoms with Crippen LogP contribution < -0.4 is 5.32 Å². The molecule has 0 unspecified atom stereocenters. The van der Waals surface area contributed by atoms with E-state index in [0.717, 1.165) is 19.6 Å². The normalized spacial score (nSPS) is 15.0. The average molecular weight is 343 g/mol. The monoisotopic (exact) mass is 343 g/mol. The fraction of sp³-hybridized carbons (Fsp3) is 0.412. The number of hydrogen-bond donors (Lipinski definition) is 1. The summed E-state index contributed by atoms with van der Waals surface area (Å²) in [5.41, 5.74) is 1.93. The molecule has 1 N–H and O–H groups in total. The topological polar surface area (TPSA) is 93.3 Å². The quantitative estimate of drug-likeness (QED) is 0.642. The van der Waals surface area contributed by atoms with Crippen LogP contribution in [0.2, 0.25) is 0 Å². The molecule has 3 rings (SSSR count). The molecule has 0 atom stereocenters. The van der Waals surface area contributed by atoms with Crippen molar-refractivity contribution >= 4 is 17.4 Å². The Morgan fingerprint density at radius 3 is 2.52 bits per heavy atom. The predicted molar refractivity (Wildman–Crippen MR) is 93.1 cm³/mol. The third-order valence-electron chi connectivity index (χ3n) is 4.21. The van der Waals surface area contributed by atoms with Crippen LogP contribution in [0, 0.1) is 10.1 Å². The molecular weight excluding hydrogens is 322 g/mol. The van der Waals surface area contributed by atoms with Crippen LogP contribution in [0.4, 0.5) is 11.5 Å². The van der Waals surface area contributed by atoms with E-state index in [9.17, 15) is 14.9 Å². The van der Waals surface area contributed by atoms with E-state index in [1.54, 1.807) is 0 Å². The molecule has 8 heteroatoms. The van der Waals surface area contributed by atoms with Crippen molar-refractivity contribution in [1.29, 1.82) is 0 Å². The summed E-state index contributed by atoms with van der Waals surface area (Å²) in [6.45, 7) is 3.16. The highest BCUT2D eigenvalue weighted by atomic mass is 16.6. The Labute approximate surface area is 145 Å². The number of piperidine rings is 1. The van der Waals surface area contributed by atoms with Crippen LogP contribution in [0.15, 0.2) is 36.5 Å². The van der Waals surface area contributed by atoms with Gasteiger partial charge in [-0.25, -0.2) is 0 Å². The van der Waals surface area contributed by atoms with Crippen LogP contribution in [0.25, 0.3) is 0 Å². The number of carbonyl (C=O) groups excluding carboxylic acids is 1. The van der Waals surface area contributed by atoms with E-state index in [1.807, 2.05) is 24.3 Å². The molecule has 1 aliphatic rings. The second-order valence-corrected chi connectivity index (χ2v) is 6.21. The number of nitrogens with one attached hydrogen (secondary N) is 1. The van der Waals surface area contributed by atoms with E-state index >= 15 is 0 Å². The van der Waals surface area contributed by atoms with Crippen LogP contribution in [0.1, 0.15) is 24.8 Å². The molecule has 132 valence electrons. The summed E-state index contributed by atoms with van der Waals surface area (Å²) >= 11 is 0. The summed E-state index contributed by atoms with van der Waals surface area (Å²) in [5.74, 6) is -0.545. The SMILES string of the molecule is O=C(Cn1ccc([N+](=O)[O-])n1)Nc1ccc(CN2CCCCC2)cc1. The largest absolute Gasteiger partial charge is 0.389 e. The zero-order valence-electron chi connectivity index (χ0n) is 13.9. The van der Waals surface area contributed by atoms with Crippen molar-refractivity contribution in [2.75, 3.05) is 18.4 Å². The van der Waals surface area contributed by atoms with E-state index in [1.165, 1.54) is 41.8 Å². The first-order valence-corrected chi connectivity index (χ1v) is 8.39. The number of nitro groups is 1. The lowest BCUT2D eigenvalue weighted by molar-refractivity contribution is -0.389. The first-order chi connectivity index (χ1) is 12.1.